The highest BCUT2D eigenvalue weighted by atomic mass is 16.5. The quantitative estimate of drug-likeness (QED) is 0.678. The van der Waals surface area contributed by atoms with E-state index in [9.17, 15) is 9.59 Å². The second kappa shape index (κ2) is 7.49. The number of carboxylic acids is 1. The van der Waals surface area contributed by atoms with Crippen LogP contribution in [0, 0.1) is 0 Å². The molecule has 1 heterocycles. The molecule has 0 fully saturated rings. The minimum atomic E-state index is -1.03. The molecule has 7 nitrogen and oxygen atoms in total. The molecule has 1 aromatic rings. The summed E-state index contributed by atoms with van der Waals surface area (Å²) in [6, 6.07) is 7.20. The molecule has 0 saturated carbocycles. The van der Waals surface area contributed by atoms with Gasteiger partial charge in [0, 0.05) is 18.5 Å². The number of benzene rings is 1. The molecule has 1 unspecified atom stereocenters. The zero-order valence-corrected chi connectivity index (χ0v) is 11.5. The van der Waals surface area contributed by atoms with Crippen molar-refractivity contribution in [2.45, 2.75) is 12.5 Å². The highest BCUT2D eigenvalue weighted by Gasteiger charge is 2.22. The van der Waals surface area contributed by atoms with E-state index >= 15 is 0 Å². The fraction of sp³-hybridized carbons (Fsp3) is 0.429. The van der Waals surface area contributed by atoms with Crippen LogP contribution in [0.2, 0.25) is 0 Å². The average Bonchev–Trinajstić information content (AvgIpc) is 2.47. The Morgan fingerprint density at radius 2 is 2.19 bits per heavy atom. The van der Waals surface area contributed by atoms with Crippen molar-refractivity contribution in [1.29, 1.82) is 0 Å². The van der Waals surface area contributed by atoms with Gasteiger partial charge in [-0.15, -0.1) is 0 Å². The van der Waals surface area contributed by atoms with Crippen molar-refractivity contribution in [3.8, 4) is 5.75 Å². The van der Waals surface area contributed by atoms with Crippen LogP contribution in [0.5, 0.6) is 5.75 Å². The van der Waals surface area contributed by atoms with Gasteiger partial charge in [0.25, 0.3) is 0 Å². The molecule has 0 aliphatic carbocycles. The van der Waals surface area contributed by atoms with Crippen LogP contribution < -0.4 is 15.4 Å². The number of carboxylic acid groups (broad SMARTS) is 1. The standard InChI is InChI=1S/C14H18N2O5/c17-13(18)9-20-8-6-15-14(19)16-11-5-7-21-12-4-2-1-3-10(11)12/h1-4,11H,5-9H2,(H,17,18)(H2,15,16,19). The van der Waals surface area contributed by atoms with Gasteiger partial charge in [-0.3, -0.25) is 0 Å². The molecule has 0 bridgehead atoms. The van der Waals surface area contributed by atoms with Crippen molar-refractivity contribution in [1.82, 2.24) is 10.6 Å². The number of nitrogens with one attached hydrogen (secondary N) is 2. The summed E-state index contributed by atoms with van der Waals surface area (Å²) in [6.07, 6.45) is 0.708. The summed E-state index contributed by atoms with van der Waals surface area (Å²) in [4.78, 5) is 22.0. The molecule has 1 aromatic carbocycles. The third-order valence-electron chi connectivity index (χ3n) is 3.02. The van der Waals surface area contributed by atoms with Crippen LogP contribution in [0.15, 0.2) is 24.3 Å². The number of aliphatic carboxylic acids is 1. The van der Waals surface area contributed by atoms with Crippen molar-refractivity contribution in [3.63, 3.8) is 0 Å². The van der Waals surface area contributed by atoms with Gasteiger partial charge in [0.2, 0.25) is 0 Å². The molecular formula is C14H18N2O5. The second-order valence-corrected chi connectivity index (χ2v) is 4.57. The van der Waals surface area contributed by atoms with Gasteiger partial charge in [-0.2, -0.15) is 0 Å². The van der Waals surface area contributed by atoms with E-state index in [-0.39, 0.29) is 31.8 Å². The maximum atomic E-state index is 11.8. The Labute approximate surface area is 122 Å². The Kier molecular flexibility index (Phi) is 5.39. The van der Waals surface area contributed by atoms with Crippen molar-refractivity contribution in [3.05, 3.63) is 29.8 Å². The Balaban J connectivity index is 1.75. The molecule has 21 heavy (non-hydrogen) atoms. The van der Waals surface area contributed by atoms with Crippen molar-refractivity contribution in [2.75, 3.05) is 26.4 Å². The smallest absolute Gasteiger partial charge is 0.329 e. The molecule has 2 amide bonds. The van der Waals surface area contributed by atoms with E-state index < -0.39 is 5.97 Å². The van der Waals surface area contributed by atoms with Gasteiger partial charge in [-0.05, 0) is 6.07 Å². The summed E-state index contributed by atoms with van der Waals surface area (Å²) >= 11 is 0. The van der Waals surface area contributed by atoms with Gasteiger partial charge in [-0.1, -0.05) is 18.2 Å². The highest BCUT2D eigenvalue weighted by Crippen LogP contribution is 2.31. The topological polar surface area (TPSA) is 96.9 Å². The Morgan fingerprint density at radius 1 is 1.38 bits per heavy atom. The lowest BCUT2D eigenvalue weighted by Crippen LogP contribution is -2.40. The van der Waals surface area contributed by atoms with Gasteiger partial charge in [0.1, 0.15) is 12.4 Å². The van der Waals surface area contributed by atoms with E-state index in [0.29, 0.717) is 13.0 Å². The Bertz CT molecular complexity index is 506. The number of para-hydroxylation sites is 1. The van der Waals surface area contributed by atoms with Crippen molar-refractivity contribution < 1.29 is 24.2 Å². The number of hydrogen-bond donors (Lipinski definition) is 3. The third kappa shape index (κ3) is 4.64. The summed E-state index contributed by atoms with van der Waals surface area (Å²) in [5, 5.41) is 13.9. The number of amides is 2. The van der Waals surface area contributed by atoms with Crippen LogP contribution in [0.25, 0.3) is 0 Å². The van der Waals surface area contributed by atoms with Crippen LogP contribution in [0.3, 0.4) is 0 Å². The molecule has 0 spiro atoms. The van der Waals surface area contributed by atoms with Gasteiger partial charge in [0.05, 0.1) is 19.3 Å². The van der Waals surface area contributed by atoms with Gasteiger partial charge >= 0.3 is 12.0 Å². The molecule has 1 aliphatic heterocycles. The number of carbonyl (C=O) groups excluding carboxylic acids is 1. The summed E-state index contributed by atoms with van der Waals surface area (Å²) in [5.41, 5.74) is 0.959. The Morgan fingerprint density at radius 3 is 3.00 bits per heavy atom. The predicted octanol–water partition coefficient (Wildman–Crippen LogP) is 0.911. The van der Waals surface area contributed by atoms with Crippen molar-refractivity contribution >= 4 is 12.0 Å². The zero-order chi connectivity index (χ0) is 15.1. The summed E-state index contributed by atoms with van der Waals surface area (Å²) in [6.45, 7) is 0.606. The van der Waals surface area contributed by atoms with Crippen LogP contribution in [0.1, 0.15) is 18.0 Å². The lowest BCUT2D eigenvalue weighted by atomic mass is 10.0. The minimum Gasteiger partial charge on any atom is -0.493 e. The fourth-order valence-corrected chi connectivity index (χ4v) is 2.10. The van der Waals surface area contributed by atoms with Crippen LogP contribution in [-0.2, 0) is 9.53 Å². The summed E-state index contributed by atoms with van der Waals surface area (Å²) < 4.78 is 10.4. The molecule has 0 radical (unpaired) electrons. The number of rotatable bonds is 6. The normalized spacial score (nSPS) is 16.5. The second-order valence-electron chi connectivity index (χ2n) is 4.57. The highest BCUT2D eigenvalue weighted by molar-refractivity contribution is 5.74. The molecule has 3 N–H and O–H groups in total. The molecule has 1 atom stereocenters. The molecule has 7 heteroatoms. The van der Waals surface area contributed by atoms with Crippen molar-refractivity contribution in [2.24, 2.45) is 0 Å². The van der Waals surface area contributed by atoms with Crippen LogP contribution >= 0.6 is 0 Å². The van der Waals surface area contributed by atoms with Crippen LogP contribution in [0.4, 0.5) is 4.79 Å². The molecule has 0 aromatic heterocycles. The monoisotopic (exact) mass is 294 g/mol. The van der Waals surface area contributed by atoms with Gasteiger partial charge in [0.15, 0.2) is 0 Å². The number of urea groups is 1. The number of ether oxygens (including phenoxy) is 2. The minimum absolute atomic E-state index is 0.0881. The molecule has 1 aliphatic rings. The summed E-state index contributed by atoms with van der Waals surface area (Å²) in [7, 11) is 0. The van der Waals surface area contributed by atoms with E-state index in [0.717, 1.165) is 11.3 Å². The van der Waals surface area contributed by atoms with E-state index in [1.54, 1.807) is 0 Å². The van der Waals surface area contributed by atoms with Crippen LogP contribution in [-0.4, -0.2) is 43.5 Å². The maximum Gasteiger partial charge on any atom is 0.329 e. The maximum absolute atomic E-state index is 11.8. The number of hydrogen-bond acceptors (Lipinski definition) is 4. The average molecular weight is 294 g/mol. The first kappa shape index (κ1) is 15.1. The lowest BCUT2D eigenvalue weighted by Gasteiger charge is -2.26. The predicted molar refractivity (Wildman–Crippen MR) is 74.3 cm³/mol. The van der Waals surface area contributed by atoms with E-state index in [1.165, 1.54) is 0 Å². The van der Waals surface area contributed by atoms with E-state index in [1.807, 2.05) is 24.3 Å². The first-order valence-corrected chi connectivity index (χ1v) is 6.72. The van der Waals surface area contributed by atoms with Gasteiger partial charge < -0.3 is 25.2 Å². The fourth-order valence-electron chi connectivity index (χ4n) is 2.10. The zero-order valence-electron chi connectivity index (χ0n) is 11.5. The molecule has 0 saturated heterocycles. The molecule has 114 valence electrons. The third-order valence-corrected chi connectivity index (χ3v) is 3.02. The summed E-state index contributed by atoms with van der Waals surface area (Å²) in [5.74, 6) is -0.239. The SMILES string of the molecule is O=C(O)COCCNC(=O)NC1CCOc2ccccc21. The lowest BCUT2D eigenvalue weighted by molar-refractivity contribution is -0.142. The first-order valence-electron chi connectivity index (χ1n) is 6.72. The van der Waals surface area contributed by atoms with E-state index in [4.69, 9.17) is 14.6 Å². The van der Waals surface area contributed by atoms with Gasteiger partial charge in [-0.25, -0.2) is 9.59 Å². The molecule has 2 rings (SSSR count). The molecular weight excluding hydrogens is 276 g/mol. The largest absolute Gasteiger partial charge is 0.493 e. The Hall–Kier alpha value is -2.28. The van der Waals surface area contributed by atoms with E-state index in [2.05, 4.69) is 10.6 Å². The number of fused-ring (bicyclic) bond motifs is 1. The number of carbonyl (C=O) groups is 2. The first-order chi connectivity index (χ1) is 10.2.